The standard InChI is InChI=1S/C15H20N4/c1-2-8-17-15(5-1)19-10-6-13(7-11-19)18-12-14-4-3-9-16-14/h1-5,8-9,13,16,18H,6-7,10-12H2. The molecule has 3 heterocycles. The summed E-state index contributed by atoms with van der Waals surface area (Å²) in [6, 6.07) is 10.9. The second-order valence-corrected chi connectivity index (χ2v) is 5.03. The molecule has 0 amide bonds. The summed E-state index contributed by atoms with van der Waals surface area (Å²) < 4.78 is 0. The number of hydrogen-bond acceptors (Lipinski definition) is 3. The van der Waals surface area contributed by atoms with E-state index in [0.29, 0.717) is 6.04 Å². The third kappa shape index (κ3) is 3.15. The van der Waals surface area contributed by atoms with Crippen molar-refractivity contribution < 1.29 is 0 Å². The van der Waals surface area contributed by atoms with Crippen molar-refractivity contribution in [3.05, 3.63) is 48.4 Å². The van der Waals surface area contributed by atoms with Gasteiger partial charge < -0.3 is 15.2 Å². The molecule has 2 N–H and O–H groups in total. The predicted octanol–water partition coefficient (Wildman–Crippen LogP) is 2.17. The van der Waals surface area contributed by atoms with Gasteiger partial charge in [0.05, 0.1) is 0 Å². The van der Waals surface area contributed by atoms with Crippen LogP contribution in [0, 0.1) is 0 Å². The molecule has 0 radical (unpaired) electrons. The molecule has 2 aromatic heterocycles. The first-order valence-electron chi connectivity index (χ1n) is 6.93. The van der Waals surface area contributed by atoms with Crippen molar-refractivity contribution in [2.24, 2.45) is 0 Å². The van der Waals surface area contributed by atoms with Crippen LogP contribution in [0.15, 0.2) is 42.7 Å². The largest absolute Gasteiger partial charge is 0.364 e. The van der Waals surface area contributed by atoms with Gasteiger partial charge in [-0.15, -0.1) is 0 Å². The van der Waals surface area contributed by atoms with E-state index in [2.05, 4.69) is 38.4 Å². The highest BCUT2D eigenvalue weighted by Crippen LogP contribution is 2.17. The molecule has 19 heavy (non-hydrogen) atoms. The number of hydrogen-bond donors (Lipinski definition) is 2. The monoisotopic (exact) mass is 256 g/mol. The minimum atomic E-state index is 0.614. The summed E-state index contributed by atoms with van der Waals surface area (Å²) in [6.07, 6.45) is 6.19. The number of piperidine rings is 1. The molecule has 4 nitrogen and oxygen atoms in total. The second kappa shape index (κ2) is 5.89. The lowest BCUT2D eigenvalue weighted by atomic mass is 10.0. The maximum absolute atomic E-state index is 4.41. The number of nitrogens with one attached hydrogen (secondary N) is 2. The van der Waals surface area contributed by atoms with Gasteiger partial charge in [0.25, 0.3) is 0 Å². The molecule has 0 aliphatic carbocycles. The van der Waals surface area contributed by atoms with Gasteiger partial charge in [-0.25, -0.2) is 4.98 Å². The van der Waals surface area contributed by atoms with Gasteiger partial charge in [0.1, 0.15) is 5.82 Å². The van der Waals surface area contributed by atoms with Crippen molar-refractivity contribution in [1.82, 2.24) is 15.3 Å². The van der Waals surface area contributed by atoms with E-state index in [1.165, 1.54) is 18.5 Å². The van der Waals surface area contributed by atoms with Crippen LogP contribution in [0.3, 0.4) is 0 Å². The Kier molecular flexibility index (Phi) is 3.79. The van der Waals surface area contributed by atoms with Crippen molar-refractivity contribution in [2.75, 3.05) is 18.0 Å². The quantitative estimate of drug-likeness (QED) is 0.881. The summed E-state index contributed by atoms with van der Waals surface area (Å²) >= 11 is 0. The third-order valence-corrected chi connectivity index (χ3v) is 3.71. The molecular formula is C15H20N4. The fourth-order valence-electron chi connectivity index (χ4n) is 2.59. The van der Waals surface area contributed by atoms with E-state index in [9.17, 15) is 0 Å². The van der Waals surface area contributed by atoms with Gasteiger partial charge in [-0.05, 0) is 37.1 Å². The summed E-state index contributed by atoms with van der Waals surface area (Å²) in [5.74, 6) is 1.10. The summed E-state index contributed by atoms with van der Waals surface area (Å²) in [6.45, 7) is 3.10. The molecule has 100 valence electrons. The summed E-state index contributed by atoms with van der Waals surface area (Å²) in [7, 11) is 0. The molecule has 1 aliphatic heterocycles. The zero-order valence-electron chi connectivity index (χ0n) is 11.0. The molecule has 1 saturated heterocycles. The van der Waals surface area contributed by atoms with Crippen LogP contribution in [0.5, 0.6) is 0 Å². The van der Waals surface area contributed by atoms with Gasteiger partial charge in [0.2, 0.25) is 0 Å². The van der Waals surface area contributed by atoms with E-state index >= 15 is 0 Å². The zero-order chi connectivity index (χ0) is 12.9. The normalized spacial score (nSPS) is 16.7. The van der Waals surface area contributed by atoms with Crippen molar-refractivity contribution in [2.45, 2.75) is 25.4 Å². The maximum atomic E-state index is 4.41. The smallest absolute Gasteiger partial charge is 0.128 e. The Bertz CT molecular complexity index is 472. The van der Waals surface area contributed by atoms with E-state index in [1.807, 2.05) is 24.5 Å². The number of nitrogens with zero attached hydrogens (tertiary/aromatic N) is 2. The third-order valence-electron chi connectivity index (χ3n) is 3.71. The van der Waals surface area contributed by atoms with Gasteiger partial charge >= 0.3 is 0 Å². The minimum Gasteiger partial charge on any atom is -0.364 e. The zero-order valence-corrected chi connectivity index (χ0v) is 11.0. The average molecular weight is 256 g/mol. The Morgan fingerprint density at radius 2 is 2.11 bits per heavy atom. The number of pyridine rings is 1. The molecule has 0 unspecified atom stereocenters. The number of H-pyrrole nitrogens is 1. The Morgan fingerprint density at radius 3 is 2.79 bits per heavy atom. The van der Waals surface area contributed by atoms with Crippen LogP contribution >= 0.6 is 0 Å². The molecule has 0 saturated carbocycles. The molecule has 1 aliphatic rings. The van der Waals surface area contributed by atoms with Crippen LogP contribution in [0.1, 0.15) is 18.5 Å². The van der Waals surface area contributed by atoms with Gasteiger partial charge in [0, 0.05) is 43.8 Å². The van der Waals surface area contributed by atoms with E-state index in [4.69, 9.17) is 0 Å². The Morgan fingerprint density at radius 1 is 1.21 bits per heavy atom. The summed E-state index contributed by atoms with van der Waals surface area (Å²) in [5.41, 5.74) is 1.26. The van der Waals surface area contributed by atoms with Crippen molar-refractivity contribution >= 4 is 5.82 Å². The summed E-state index contributed by atoms with van der Waals surface area (Å²) in [4.78, 5) is 10.0. The van der Waals surface area contributed by atoms with Gasteiger partial charge in [-0.2, -0.15) is 0 Å². The van der Waals surface area contributed by atoms with Crippen molar-refractivity contribution in [3.8, 4) is 0 Å². The van der Waals surface area contributed by atoms with E-state index in [0.717, 1.165) is 25.5 Å². The van der Waals surface area contributed by atoms with Crippen LogP contribution in [-0.4, -0.2) is 29.1 Å². The van der Waals surface area contributed by atoms with Crippen LogP contribution < -0.4 is 10.2 Å². The van der Waals surface area contributed by atoms with Gasteiger partial charge in [0.15, 0.2) is 0 Å². The molecule has 4 heteroatoms. The molecule has 0 bridgehead atoms. The second-order valence-electron chi connectivity index (χ2n) is 5.03. The van der Waals surface area contributed by atoms with E-state index in [-0.39, 0.29) is 0 Å². The first-order valence-corrected chi connectivity index (χ1v) is 6.93. The number of rotatable bonds is 4. The van der Waals surface area contributed by atoms with Gasteiger partial charge in [-0.3, -0.25) is 0 Å². The average Bonchev–Trinajstić information content (AvgIpc) is 3.00. The molecule has 3 rings (SSSR count). The molecule has 0 aromatic carbocycles. The van der Waals surface area contributed by atoms with Crippen LogP contribution in [0.25, 0.3) is 0 Å². The van der Waals surface area contributed by atoms with Gasteiger partial charge in [-0.1, -0.05) is 6.07 Å². The van der Waals surface area contributed by atoms with Crippen LogP contribution in [0.2, 0.25) is 0 Å². The molecule has 0 atom stereocenters. The summed E-state index contributed by atoms with van der Waals surface area (Å²) in [5, 5.41) is 3.62. The van der Waals surface area contributed by atoms with Crippen LogP contribution in [-0.2, 0) is 6.54 Å². The molecule has 0 spiro atoms. The Balaban J connectivity index is 1.47. The predicted molar refractivity (Wildman–Crippen MR) is 77.1 cm³/mol. The van der Waals surface area contributed by atoms with Crippen molar-refractivity contribution in [3.63, 3.8) is 0 Å². The maximum Gasteiger partial charge on any atom is 0.128 e. The lowest BCUT2D eigenvalue weighted by Crippen LogP contribution is -2.42. The first kappa shape index (κ1) is 12.2. The molecular weight excluding hydrogens is 236 g/mol. The Labute approximate surface area is 113 Å². The lowest BCUT2D eigenvalue weighted by Gasteiger charge is -2.33. The molecule has 2 aromatic rings. The highest BCUT2D eigenvalue weighted by Gasteiger charge is 2.19. The number of aromatic nitrogens is 2. The highest BCUT2D eigenvalue weighted by atomic mass is 15.2. The SMILES string of the molecule is c1ccc(N2CCC(NCc3ccc[nH]3)CC2)nc1. The topological polar surface area (TPSA) is 44.0 Å². The molecule has 1 fully saturated rings. The van der Waals surface area contributed by atoms with Crippen molar-refractivity contribution in [1.29, 1.82) is 0 Å². The first-order chi connectivity index (χ1) is 9.42. The highest BCUT2D eigenvalue weighted by molar-refractivity contribution is 5.38. The van der Waals surface area contributed by atoms with E-state index < -0.39 is 0 Å². The lowest BCUT2D eigenvalue weighted by molar-refractivity contribution is 0.411. The number of aromatic amines is 1. The Hall–Kier alpha value is -1.81. The minimum absolute atomic E-state index is 0.614. The number of anilines is 1. The van der Waals surface area contributed by atoms with Crippen LogP contribution in [0.4, 0.5) is 5.82 Å². The van der Waals surface area contributed by atoms with E-state index in [1.54, 1.807) is 0 Å². The fraction of sp³-hybridized carbons (Fsp3) is 0.400. The fourth-order valence-corrected chi connectivity index (χ4v) is 2.59.